The average Bonchev–Trinajstić information content (AvgIpc) is 3.34. The molecule has 2 aliphatic rings. The molecule has 0 bridgehead atoms. The number of methoxy groups -OCH3 is 1. The zero-order valence-electron chi connectivity index (χ0n) is 22.9. The first-order valence-electron chi connectivity index (χ1n) is 13.6. The maximum Gasteiger partial charge on any atom is 0.434 e. The smallest absolute Gasteiger partial charge is 0.434 e. The van der Waals surface area contributed by atoms with Gasteiger partial charge in [0.1, 0.15) is 16.8 Å². The molecule has 1 aliphatic carbocycles. The van der Waals surface area contributed by atoms with Crippen molar-refractivity contribution in [3.8, 4) is 11.8 Å². The molecule has 0 radical (unpaired) electrons. The normalized spacial score (nSPS) is 19.2. The summed E-state index contributed by atoms with van der Waals surface area (Å²) in [4.78, 5) is 14.1. The van der Waals surface area contributed by atoms with Gasteiger partial charge in [0.05, 0.1) is 7.11 Å². The molecule has 1 saturated carbocycles. The van der Waals surface area contributed by atoms with E-state index in [1.807, 2.05) is 17.0 Å². The number of benzene rings is 1. The van der Waals surface area contributed by atoms with Gasteiger partial charge >= 0.3 is 6.18 Å². The summed E-state index contributed by atoms with van der Waals surface area (Å²) in [5, 5.41) is 13.8. The van der Waals surface area contributed by atoms with E-state index >= 15 is 0 Å². The summed E-state index contributed by atoms with van der Waals surface area (Å²) in [7, 11) is 1.66. The van der Waals surface area contributed by atoms with Gasteiger partial charge in [-0.3, -0.25) is 4.98 Å². The van der Waals surface area contributed by atoms with Gasteiger partial charge in [-0.1, -0.05) is 30.3 Å². The molecule has 3 N–H and O–H groups in total. The Morgan fingerprint density at radius 1 is 1.17 bits per heavy atom. The monoisotopic (exact) mass is 583 g/mol. The van der Waals surface area contributed by atoms with E-state index in [-0.39, 0.29) is 32.9 Å². The molecule has 3 aromatic rings. The molecule has 2 atom stereocenters. The summed E-state index contributed by atoms with van der Waals surface area (Å²) < 4.78 is 45.6. The Balaban J connectivity index is 1.29. The first-order valence-corrected chi connectivity index (χ1v) is 14.4. The van der Waals surface area contributed by atoms with Crippen molar-refractivity contribution in [1.82, 2.24) is 20.3 Å². The predicted octanol–water partition coefficient (Wildman–Crippen LogP) is 5.99. The Hall–Kier alpha value is -3.56. The van der Waals surface area contributed by atoms with Gasteiger partial charge in [0, 0.05) is 36.3 Å². The number of halogens is 3. The molecule has 1 aromatic carbocycles. The van der Waals surface area contributed by atoms with Gasteiger partial charge in [0.15, 0.2) is 23.0 Å². The van der Waals surface area contributed by atoms with Crippen molar-refractivity contribution in [2.45, 2.75) is 67.2 Å². The zero-order chi connectivity index (χ0) is 29.2. The first-order chi connectivity index (χ1) is 19.6. The van der Waals surface area contributed by atoms with Crippen LogP contribution in [0.4, 0.5) is 24.8 Å². The summed E-state index contributed by atoms with van der Waals surface area (Å²) >= 11 is 0.708. The number of anilines is 2. The van der Waals surface area contributed by atoms with E-state index in [1.165, 1.54) is 17.7 Å². The average molecular weight is 584 g/mol. The van der Waals surface area contributed by atoms with Crippen LogP contribution < -0.4 is 20.7 Å². The Bertz CT molecular complexity index is 1420. The summed E-state index contributed by atoms with van der Waals surface area (Å²) in [5.41, 5.74) is 6.54. The van der Waals surface area contributed by atoms with Crippen LogP contribution in [0.5, 0.6) is 5.75 Å². The summed E-state index contributed by atoms with van der Waals surface area (Å²) in [6.45, 7) is 3.56. The number of alkyl halides is 3. The minimum atomic E-state index is -4.63. The number of pyridine rings is 1. The maximum absolute atomic E-state index is 13.4. The van der Waals surface area contributed by atoms with Crippen LogP contribution in [0.2, 0.25) is 0 Å². The Labute approximate surface area is 241 Å². The fourth-order valence-electron chi connectivity index (χ4n) is 6.04. The molecule has 1 saturated heterocycles. The third-order valence-corrected chi connectivity index (χ3v) is 9.30. The lowest BCUT2D eigenvalue weighted by Crippen LogP contribution is -2.49. The topological polar surface area (TPSA) is 113 Å². The van der Waals surface area contributed by atoms with Crippen LogP contribution in [0.25, 0.3) is 0 Å². The Kier molecular flexibility index (Phi) is 8.29. The van der Waals surface area contributed by atoms with Crippen molar-refractivity contribution in [2.75, 3.05) is 30.8 Å². The van der Waals surface area contributed by atoms with Crippen LogP contribution in [0.3, 0.4) is 0 Å². The van der Waals surface area contributed by atoms with Crippen LogP contribution in [0.1, 0.15) is 62.0 Å². The number of nitrogens with one attached hydrogen (secondary N) is 1. The van der Waals surface area contributed by atoms with Crippen LogP contribution in [0.15, 0.2) is 52.5 Å². The van der Waals surface area contributed by atoms with Gasteiger partial charge in [-0.05, 0) is 67.9 Å². The van der Waals surface area contributed by atoms with E-state index in [4.69, 9.17) is 10.5 Å². The number of piperidine rings is 1. The maximum atomic E-state index is 13.4. The molecule has 5 rings (SSSR count). The molecule has 216 valence electrons. The first kappa shape index (κ1) is 29.0. The highest BCUT2D eigenvalue weighted by Gasteiger charge is 2.45. The fourth-order valence-corrected chi connectivity index (χ4v) is 6.94. The zero-order valence-corrected chi connectivity index (χ0v) is 23.7. The van der Waals surface area contributed by atoms with Crippen molar-refractivity contribution >= 4 is 23.4 Å². The van der Waals surface area contributed by atoms with Crippen LogP contribution >= 0.6 is 11.8 Å². The highest BCUT2D eigenvalue weighted by molar-refractivity contribution is 7.99. The summed E-state index contributed by atoms with van der Waals surface area (Å²) in [6.07, 6.45) is 1.70. The number of nitrogens with zero attached hydrogens (tertiary/aromatic N) is 5. The van der Waals surface area contributed by atoms with E-state index in [0.29, 0.717) is 36.7 Å². The second-order valence-corrected chi connectivity index (χ2v) is 11.6. The van der Waals surface area contributed by atoms with Crippen LogP contribution in [0, 0.1) is 16.7 Å². The molecule has 1 aliphatic heterocycles. The van der Waals surface area contributed by atoms with Crippen molar-refractivity contribution in [2.24, 2.45) is 5.41 Å². The standard InChI is InChI=1S/C29H32F3N7OS/c1-18(19-7-9-20(40-2)10-8-19)36-23-6-3-11-28(23)12-15-39(16-13-28)26-21(17-33)37-27(25(34)38-26)41-22-5-4-14-35-24(22)29(30,31)32/h4-5,7-10,14,18,23,36H,3,6,11-13,15-16H2,1-2H3,(H2,34,38)/t18-,23?/m1/s1. The number of hydrogen-bond donors (Lipinski definition) is 2. The number of hydrogen-bond acceptors (Lipinski definition) is 9. The van der Waals surface area contributed by atoms with Gasteiger partial charge < -0.3 is 20.7 Å². The molecule has 41 heavy (non-hydrogen) atoms. The Morgan fingerprint density at radius 2 is 1.90 bits per heavy atom. The minimum absolute atomic E-state index is 0.0185. The third kappa shape index (κ3) is 6.06. The molecule has 3 heterocycles. The number of nitriles is 1. The molecule has 12 heteroatoms. The van der Waals surface area contributed by atoms with E-state index in [9.17, 15) is 18.4 Å². The molecule has 2 fully saturated rings. The highest BCUT2D eigenvalue weighted by atomic mass is 32.2. The molecule has 0 amide bonds. The molecule has 1 unspecified atom stereocenters. The number of nitrogens with two attached hydrogens (primary N) is 1. The van der Waals surface area contributed by atoms with Gasteiger partial charge in [-0.2, -0.15) is 18.4 Å². The van der Waals surface area contributed by atoms with Gasteiger partial charge in [-0.15, -0.1) is 0 Å². The van der Waals surface area contributed by atoms with Crippen molar-refractivity contribution in [1.29, 1.82) is 5.26 Å². The number of nitrogen functional groups attached to an aromatic ring is 1. The second-order valence-electron chi connectivity index (χ2n) is 10.6. The van der Waals surface area contributed by atoms with Crippen LogP contribution in [-0.2, 0) is 6.18 Å². The largest absolute Gasteiger partial charge is 0.497 e. The lowest BCUT2D eigenvalue weighted by molar-refractivity contribution is -0.143. The van der Waals surface area contributed by atoms with E-state index < -0.39 is 11.9 Å². The van der Waals surface area contributed by atoms with Crippen molar-refractivity contribution in [3.05, 3.63) is 59.5 Å². The summed E-state index contributed by atoms with van der Waals surface area (Å²) in [5.74, 6) is 1.19. The molecular formula is C29H32F3N7OS. The van der Waals surface area contributed by atoms with E-state index in [2.05, 4.69) is 45.4 Å². The van der Waals surface area contributed by atoms with Gasteiger partial charge in [0.25, 0.3) is 0 Å². The van der Waals surface area contributed by atoms with Crippen LogP contribution in [-0.4, -0.2) is 41.2 Å². The predicted molar refractivity (Wildman–Crippen MR) is 151 cm³/mol. The third-order valence-electron chi connectivity index (χ3n) is 8.25. The number of aromatic nitrogens is 3. The molecular weight excluding hydrogens is 551 g/mol. The van der Waals surface area contributed by atoms with Gasteiger partial charge in [0.2, 0.25) is 0 Å². The lowest BCUT2D eigenvalue weighted by atomic mass is 9.73. The SMILES string of the molecule is COc1ccc([C@@H](C)NC2CCCC23CCN(c2nc(N)c(Sc4cccnc4C(F)(F)F)nc2C#N)CC3)cc1. The number of rotatable bonds is 7. The second kappa shape index (κ2) is 11.7. The fraction of sp³-hybridized carbons (Fsp3) is 0.448. The van der Waals surface area contributed by atoms with Crippen molar-refractivity contribution < 1.29 is 17.9 Å². The van der Waals surface area contributed by atoms with Crippen molar-refractivity contribution in [3.63, 3.8) is 0 Å². The lowest BCUT2D eigenvalue weighted by Gasteiger charge is -2.44. The molecule has 8 nitrogen and oxygen atoms in total. The van der Waals surface area contributed by atoms with E-state index in [1.54, 1.807) is 7.11 Å². The number of ether oxygens (including phenoxy) is 1. The van der Waals surface area contributed by atoms with Gasteiger partial charge in [-0.25, -0.2) is 9.97 Å². The molecule has 2 aromatic heterocycles. The molecule has 1 spiro atoms. The summed E-state index contributed by atoms with van der Waals surface area (Å²) in [6, 6.07) is 13.5. The quantitative estimate of drug-likeness (QED) is 0.346. The van der Waals surface area contributed by atoms with E-state index in [0.717, 1.165) is 44.1 Å². The minimum Gasteiger partial charge on any atom is -0.497 e. The Morgan fingerprint density at radius 3 is 2.56 bits per heavy atom. The highest BCUT2D eigenvalue weighted by Crippen LogP contribution is 2.48.